The lowest BCUT2D eigenvalue weighted by atomic mass is 10.2. The van der Waals surface area contributed by atoms with E-state index in [2.05, 4.69) is 0 Å². The van der Waals surface area contributed by atoms with Crippen molar-refractivity contribution in [2.24, 2.45) is 0 Å². The van der Waals surface area contributed by atoms with E-state index in [4.69, 9.17) is 9.47 Å². The minimum atomic E-state index is -3.71. The van der Waals surface area contributed by atoms with Crippen LogP contribution in [0.5, 0.6) is 11.5 Å². The number of sulfonamides is 1. The van der Waals surface area contributed by atoms with Crippen molar-refractivity contribution in [1.29, 1.82) is 0 Å². The van der Waals surface area contributed by atoms with Crippen LogP contribution in [0.1, 0.15) is 4.88 Å². The Balaban J connectivity index is 1.78. The van der Waals surface area contributed by atoms with E-state index in [0.717, 1.165) is 4.88 Å². The van der Waals surface area contributed by atoms with Gasteiger partial charge in [-0.3, -0.25) is 4.31 Å². The van der Waals surface area contributed by atoms with E-state index in [9.17, 15) is 8.42 Å². The average molecular weight is 387 g/mol. The minimum Gasteiger partial charge on any atom is -0.486 e. The molecule has 2 aromatic carbocycles. The van der Waals surface area contributed by atoms with Gasteiger partial charge < -0.3 is 9.47 Å². The van der Waals surface area contributed by atoms with E-state index < -0.39 is 10.0 Å². The third-order valence-electron chi connectivity index (χ3n) is 4.02. The molecule has 7 heteroatoms. The molecule has 4 rings (SSSR count). The quantitative estimate of drug-likeness (QED) is 0.666. The third-order valence-corrected chi connectivity index (χ3v) is 6.67. The van der Waals surface area contributed by atoms with Crippen LogP contribution in [0.4, 0.5) is 5.69 Å². The molecule has 0 saturated carbocycles. The Kier molecular flexibility index (Phi) is 4.57. The second-order valence-electron chi connectivity index (χ2n) is 5.73. The van der Waals surface area contributed by atoms with Gasteiger partial charge >= 0.3 is 0 Å². The van der Waals surface area contributed by atoms with Crippen LogP contribution in [0, 0.1) is 0 Å². The van der Waals surface area contributed by atoms with E-state index in [1.54, 1.807) is 48.5 Å². The first kappa shape index (κ1) is 16.9. The lowest BCUT2D eigenvalue weighted by molar-refractivity contribution is 0.171. The van der Waals surface area contributed by atoms with Gasteiger partial charge in [-0.2, -0.15) is 0 Å². The lowest BCUT2D eigenvalue weighted by Gasteiger charge is -2.26. The summed E-state index contributed by atoms with van der Waals surface area (Å²) in [5, 5.41) is 1.94. The van der Waals surface area contributed by atoms with Crippen molar-refractivity contribution in [2.75, 3.05) is 17.5 Å². The fraction of sp³-hybridized carbons (Fsp3) is 0.158. The van der Waals surface area contributed by atoms with E-state index in [1.807, 2.05) is 17.5 Å². The van der Waals surface area contributed by atoms with E-state index >= 15 is 0 Å². The molecule has 0 bridgehead atoms. The lowest BCUT2D eigenvalue weighted by Crippen LogP contribution is -2.30. The van der Waals surface area contributed by atoms with Crippen molar-refractivity contribution in [3.8, 4) is 11.5 Å². The highest BCUT2D eigenvalue weighted by Gasteiger charge is 2.27. The van der Waals surface area contributed by atoms with Crippen molar-refractivity contribution in [2.45, 2.75) is 11.4 Å². The number of rotatable bonds is 5. The number of nitrogens with zero attached hydrogens (tertiary/aromatic N) is 1. The molecule has 0 amide bonds. The van der Waals surface area contributed by atoms with Gasteiger partial charge in [0.2, 0.25) is 0 Å². The average Bonchev–Trinajstić information content (AvgIpc) is 3.20. The van der Waals surface area contributed by atoms with Gasteiger partial charge in [-0.25, -0.2) is 8.42 Å². The van der Waals surface area contributed by atoms with Crippen molar-refractivity contribution >= 4 is 27.0 Å². The summed E-state index contributed by atoms with van der Waals surface area (Å²) in [7, 11) is -3.71. The van der Waals surface area contributed by atoms with E-state index in [-0.39, 0.29) is 11.4 Å². The number of anilines is 1. The van der Waals surface area contributed by atoms with Gasteiger partial charge in [-0.05, 0) is 35.7 Å². The molecule has 134 valence electrons. The number of ether oxygens (including phenoxy) is 2. The number of benzene rings is 2. The summed E-state index contributed by atoms with van der Waals surface area (Å²) in [5.41, 5.74) is 0.548. The van der Waals surface area contributed by atoms with Crippen molar-refractivity contribution < 1.29 is 17.9 Å². The molecule has 1 aliphatic heterocycles. The molecule has 0 spiro atoms. The number of hydrogen-bond acceptors (Lipinski definition) is 5. The molecular weight excluding hydrogens is 370 g/mol. The van der Waals surface area contributed by atoms with Gasteiger partial charge in [-0.1, -0.05) is 24.3 Å². The molecule has 5 nitrogen and oxygen atoms in total. The van der Waals surface area contributed by atoms with Crippen LogP contribution >= 0.6 is 11.3 Å². The summed E-state index contributed by atoms with van der Waals surface area (Å²) < 4.78 is 39.1. The van der Waals surface area contributed by atoms with Gasteiger partial charge in [-0.15, -0.1) is 11.3 Å². The molecule has 1 aromatic heterocycles. The third kappa shape index (κ3) is 3.27. The predicted octanol–water partition coefficient (Wildman–Crippen LogP) is 3.91. The van der Waals surface area contributed by atoms with Crippen LogP contribution in [0.2, 0.25) is 0 Å². The molecule has 0 atom stereocenters. The molecule has 3 aromatic rings. The van der Waals surface area contributed by atoms with Gasteiger partial charge in [0.15, 0.2) is 11.5 Å². The molecule has 0 aliphatic carbocycles. The highest BCUT2D eigenvalue weighted by molar-refractivity contribution is 7.92. The molecule has 0 saturated heterocycles. The Morgan fingerprint density at radius 2 is 1.69 bits per heavy atom. The zero-order valence-electron chi connectivity index (χ0n) is 13.9. The molecule has 2 heterocycles. The molecule has 0 unspecified atom stereocenters. The molecule has 0 N–H and O–H groups in total. The van der Waals surface area contributed by atoms with Crippen LogP contribution in [0.3, 0.4) is 0 Å². The van der Waals surface area contributed by atoms with Gasteiger partial charge in [0.1, 0.15) is 13.2 Å². The van der Waals surface area contributed by atoms with Gasteiger partial charge in [0.05, 0.1) is 17.1 Å². The fourth-order valence-corrected chi connectivity index (χ4v) is 5.00. The molecule has 1 aliphatic rings. The second kappa shape index (κ2) is 7.01. The predicted molar refractivity (Wildman–Crippen MR) is 102 cm³/mol. The molecule has 26 heavy (non-hydrogen) atoms. The SMILES string of the molecule is O=S(=O)(c1ccccc1)N(Cc1cccs1)c1ccc2c(c1)OCCO2. The zero-order valence-corrected chi connectivity index (χ0v) is 15.5. The van der Waals surface area contributed by atoms with Crippen LogP contribution in [-0.4, -0.2) is 21.6 Å². The Morgan fingerprint density at radius 3 is 2.42 bits per heavy atom. The van der Waals surface area contributed by atoms with E-state index in [0.29, 0.717) is 30.4 Å². The first-order chi connectivity index (χ1) is 12.6. The van der Waals surface area contributed by atoms with E-state index in [1.165, 1.54) is 15.6 Å². The highest BCUT2D eigenvalue weighted by atomic mass is 32.2. The monoisotopic (exact) mass is 387 g/mol. The first-order valence-corrected chi connectivity index (χ1v) is 10.5. The van der Waals surface area contributed by atoms with Crippen LogP contribution in [0.15, 0.2) is 70.9 Å². The van der Waals surface area contributed by atoms with Crippen molar-refractivity contribution in [3.05, 3.63) is 70.9 Å². The van der Waals surface area contributed by atoms with Gasteiger partial charge in [0, 0.05) is 10.9 Å². The summed E-state index contributed by atoms with van der Waals surface area (Å²) in [6.07, 6.45) is 0. The second-order valence-corrected chi connectivity index (χ2v) is 8.63. The van der Waals surface area contributed by atoms with Crippen molar-refractivity contribution in [3.63, 3.8) is 0 Å². The fourth-order valence-electron chi connectivity index (χ4n) is 2.77. The maximum atomic E-state index is 13.3. The molecule has 0 radical (unpaired) electrons. The smallest absolute Gasteiger partial charge is 0.264 e. The zero-order chi connectivity index (χ0) is 18.0. The summed E-state index contributed by atoms with van der Waals surface area (Å²) in [5.74, 6) is 1.20. The van der Waals surface area contributed by atoms with Gasteiger partial charge in [0.25, 0.3) is 10.0 Å². The molecule has 0 fully saturated rings. The van der Waals surface area contributed by atoms with Crippen molar-refractivity contribution in [1.82, 2.24) is 0 Å². The Morgan fingerprint density at radius 1 is 0.923 bits per heavy atom. The molecular formula is C19H17NO4S2. The number of thiophene rings is 1. The maximum Gasteiger partial charge on any atom is 0.264 e. The largest absolute Gasteiger partial charge is 0.486 e. The van der Waals surface area contributed by atoms with Crippen LogP contribution in [0.25, 0.3) is 0 Å². The summed E-state index contributed by atoms with van der Waals surface area (Å²) in [6.45, 7) is 1.20. The normalized spacial score (nSPS) is 13.4. The number of fused-ring (bicyclic) bond motifs is 1. The van der Waals surface area contributed by atoms with Crippen LogP contribution < -0.4 is 13.8 Å². The maximum absolute atomic E-state index is 13.3. The number of hydrogen-bond donors (Lipinski definition) is 0. The summed E-state index contributed by atoms with van der Waals surface area (Å²) >= 11 is 1.52. The Hall–Kier alpha value is -2.51. The minimum absolute atomic E-state index is 0.256. The Labute approximate surface area is 156 Å². The standard InChI is InChI=1S/C19H17NO4S2/c21-26(22,17-6-2-1-3-7-17)20(14-16-5-4-12-25-16)15-8-9-18-19(13-15)24-11-10-23-18/h1-9,12-13H,10-11,14H2. The summed E-state index contributed by atoms with van der Waals surface area (Å²) in [4.78, 5) is 1.21. The first-order valence-electron chi connectivity index (χ1n) is 8.14. The Bertz CT molecular complexity index is 986. The summed E-state index contributed by atoms with van der Waals surface area (Å²) in [6, 6.07) is 17.5. The highest BCUT2D eigenvalue weighted by Crippen LogP contribution is 2.36. The topological polar surface area (TPSA) is 55.8 Å². The van der Waals surface area contributed by atoms with Crippen LogP contribution in [-0.2, 0) is 16.6 Å².